The van der Waals surface area contributed by atoms with Crippen LogP contribution in [0.1, 0.15) is 24.8 Å². The largest absolute Gasteiger partial charge is 0.389 e. The number of hydrogen-bond acceptors (Lipinski definition) is 2. The number of fused-ring (bicyclic) bond motifs is 1. The molecule has 0 aliphatic carbocycles. The minimum atomic E-state index is -4.36. The van der Waals surface area contributed by atoms with Crippen LogP contribution in [-0.2, 0) is 16.1 Å². The average Bonchev–Trinajstić information content (AvgIpc) is 2.92. The number of likely N-dealkylation sites (tertiary alicyclic amines) is 1. The van der Waals surface area contributed by atoms with E-state index in [0.29, 0.717) is 13.1 Å². The minimum Gasteiger partial charge on any atom is -0.351 e. The van der Waals surface area contributed by atoms with Crippen LogP contribution in [0.2, 0.25) is 0 Å². The maximum atomic E-state index is 12.2. The van der Waals surface area contributed by atoms with Crippen LogP contribution in [0.4, 0.5) is 13.2 Å². The molecule has 1 saturated heterocycles. The molecule has 26 heavy (non-hydrogen) atoms. The van der Waals surface area contributed by atoms with Gasteiger partial charge in [-0.05, 0) is 16.3 Å². The lowest BCUT2D eigenvalue weighted by Gasteiger charge is -2.18. The van der Waals surface area contributed by atoms with Crippen LogP contribution in [0.5, 0.6) is 0 Å². The molecule has 1 atom stereocenters. The summed E-state index contributed by atoms with van der Waals surface area (Å²) in [6.07, 6.45) is -6.01. The number of hydrogen-bond donors (Lipinski definition) is 1. The molecule has 0 unspecified atom stereocenters. The number of alkyl halides is 3. The van der Waals surface area contributed by atoms with E-state index in [1.807, 2.05) is 42.5 Å². The van der Waals surface area contributed by atoms with Gasteiger partial charge in [-0.1, -0.05) is 42.5 Å². The van der Waals surface area contributed by atoms with Gasteiger partial charge < -0.3 is 10.2 Å². The number of halogens is 3. The van der Waals surface area contributed by atoms with E-state index >= 15 is 0 Å². The summed E-state index contributed by atoms with van der Waals surface area (Å²) in [6.45, 7) is 0.717. The van der Waals surface area contributed by atoms with E-state index < -0.39 is 31.0 Å². The summed E-state index contributed by atoms with van der Waals surface area (Å²) in [6, 6.07) is 13.3. The fourth-order valence-electron chi connectivity index (χ4n) is 3.21. The monoisotopic (exact) mass is 364 g/mol. The first-order valence-corrected chi connectivity index (χ1v) is 8.42. The Balaban J connectivity index is 1.60. The molecule has 2 aromatic rings. The second-order valence-corrected chi connectivity index (χ2v) is 6.50. The Morgan fingerprint density at radius 3 is 2.65 bits per heavy atom. The summed E-state index contributed by atoms with van der Waals surface area (Å²) in [4.78, 5) is 25.5. The predicted octanol–water partition coefficient (Wildman–Crippen LogP) is 3.40. The van der Waals surface area contributed by atoms with Gasteiger partial charge in [0.25, 0.3) is 0 Å². The highest BCUT2D eigenvalue weighted by Gasteiger charge is 2.32. The van der Waals surface area contributed by atoms with Gasteiger partial charge in [-0.25, -0.2) is 0 Å². The first-order chi connectivity index (χ1) is 12.3. The first kappa shape index (κ1) is 18.2. The maximum Gasteiger partial charge on any atom is 0.389 e. The molecule has 3 rings (SSSR count). The van der Waals surface area contributed by atoms with E-state index in [1.165, 1.54) is 0 Å². The van der Waals surface area contributed by atoms with Crippen LogP contribution in [0, 0.1) is 0 Å². The summed E-state index contributed by atoms with van der Waals surface area (Å²) in [5.74, 6) is -0.786. The summed E-state index contributed by atoms with van der Waals surface area (Å²) in [5, 5.41) is 4.67. The number of rotatable bonds is 5. The minimum absolute atomic E-state index is 0.112. The normalized spacial score (nSPS) is 17.7. The van der Waals surface area contributed by atoms with E-state index in [2.05, 4.69) is 5.32 Å². The van der Waals surface area contributed by atoms with E-state index in [9.17, 15) is 22.8 Å². The Kier molecular flexibility index (Phi) is 5.15. The maximum absolute atomic E-state index is 12.2. The molecule has 1 fully saturated rings. The molecule has 0 radical (unpaired) electrons. The van der Waals surface area contributed by atoms with Crippen molar-refractivity contribution >= 4 is 22.6 Å². The van der Waals surface area contributed by atoms with Crippen molar-refractivity contribution in [1.82, 2.24) is 10.2 Å². The molecule has 0 bridgehead atoms. The van der Waals surface area contributed by atoms with Gasteiger partial charge in [0, 0.05) is 25.9 Å². The Morgan fingerprint density at radius 1 is 1.15 bits per heavy atom. The Morgan fingerprint density at radius 2 is 1.88 bits per heavy atom. The van der Waals surface area contributed by atoms with Gasteiger partial charge >= 0.3 is 6.18 Å². The van der Waals surface area contributed by atoms with Crippen LogP contribution in [0.25, 0.3) is 10.8 Å². The molecular formula is C19H19F3N2O2. The highest BCUT2D eigenvalue weighted by atomic mass is 19.4. The summed E-state index contributed by atoms with van der Waals surface area (Å²) >= 11 is 0. The highest BCUT2D eigenvalue weighted by Crippen LogP contribution is 2.23. The third-order valence-corrected chi connectivity index (χ3v) is 4.46. The molecule has 0 spiro atoms. The van der Waals surface area contributed by atoms with Crippen molar-refractivity contribution in [3.63, 3.8) is 0 Å². The van der Waals surface area contributed by atoms with Gasteiger partial charge in [0.2, 0.25) is 11.8 Å². The number of carbonyl (C=O) groups excluding carboxylic acids is 2. The van der Waals surface area contributed by atoms with Crippen LogP contribution in [0.15, 0.2) is 42.5 Å². The molecule has 0 saturated carbocycles. The summed E-state index contributed by atoms with van der Waals surface area (Å²) < 4.78 is 36.5. The molecule has 2 aromatic carbocycles. The van der Waals surface area contributed by atoms with Crippen molar-refractivity contribution in [2.45, 2.75) is 38.0 Å². The lowest BCUT2D eigenvalue weighted by molar-refractivity contribution is -0.144. The zero-order valence-corrected chi connectivity index (χ0v) is 14.1. The molecule has 0 aromatic heterocycles. The molecule has 4 nitrogen and oxygen atoms in total. The van der Waals surface area contributed by atoms with Crippen LogP contribution in [-0.4, -0.2) is 35.5 Å². The number of amides is 2. The van der Waals surface area contributed by atoms with E-state index in [1.54, 1.807) is 4.90 Å². The fraction of sp³-hybridized carbons (Fsp3) is 0.368. The second-order valence-electron chi connectivity index (χ2n) is 6.50. The number of nitrogens with zero attached hydrogens (tertiary/aromatic N) is 1. The van der Waals surface area contributed by atoms with Crippen molar-refractivity contribution in [3.05, 3.63) is 48.0 Å². The lowest BCUT2D eigenvalue weighted by Crippen LogP contribution is -2.37. The topological polar surface area (TPSA) is 49.4 Å². The van der Waals surface area contributed by atoms with Gasteiger partial charge in [-0.3, -0.25) is 9.59 Å². The quantitative estimate of drug-likeness (QED) is 0.884. The van der Waals surface area contributed by atoms with Gasteiger partial charge in [0.05, 0.1) is 12.5 Å². The molecule has 1 aliphatic heterocycles. The Labute approximate surface area is 149 Å². The third-order valence-electron chi connectivity index (χ3n) is 4.46. The number of nitrogens with one attached hydrogen (secondary N) is 1. The summed E-state index contributed by atoms with van der Waals surface area (Å²) in [5.41, 5.74) is 1.00. The van der Waals surface area contributed by atoms with Gasteiger partial charge in [0.15, 0.2) is 0 Å². The highest BCUT2D eigenvalue weighted by molar-refractivity contribution is 5.87. The average molecular weight is 364 g/mol. The molecule has 1 N–H and O–H groups in total. The first-order valence-electron chi connectivity index (χ1n) is 8.42. The fourth-order valence-corrected chi connectivity index (χ4v) is 3.21. The number of benzene rings is 2. The standard InChI is InChI=1S/C19H19F3N2O2/c20-19(21,22)9-8-17(25)23-15-10-18(26)24(12-15)11-14-6-3-5-13-4-1-2-7-16(13)14/h1-7,15H,8-12H2,(H,23,25)/t15-/m1/s1. The number of carbonyl (C=O) groups is 2. The lowest BCUT2D eigenvalue weighted by atomic mass is 10.0. The van der Waals surface area contributed by atoms with E-state index in [0.717, 1.165) is 16.3 Å². The van der Waals surface area contributed by atoms with Crippen LogP contribution in [0.3, 0.4) is 0 Å². The molecule has 1 aliphatic rings. The van der Waals surface area contributed by atoms with Crippen LogP contribution < -0.4 is 5.32 Å². The van der Waals surface area contributed by atoms with Crippen LogP contribution >= 0.6 is 0 Å². The zero-order valence-electron chi connectivity index (χ0n) is 14.1. The predicted molar refractivity (Wildman–Crippen MR) is 91.2 cm³/mol. The van der Waals surface area contributed by atoms with Crippen molar-refractivity contribution in [1.29, 1.82) is 0 Å². The summed E-state index contributed by atoms with van der Waals surface area (Å²) in [7, 11) is 0. The molecular weight excluding hydrogens is 345 g/mol. The molecule has 138 valence electrons. The second kappa shape index (κ2) is 7.35. The zero-order chi connectivity index (χ0) is 18.7. The van der Waals surface area contributed by atoms with Crippen molar-refractivity contribution in [3.8, 4) is 0 Å². The Bertz CT molecular complexity index is 815. The van der Waals surface area contributed by atoms with E-state index in [4.69, 9.17) is 0 Å². The molecule has 1 heterocycles. The van der Waals surface area contributed by atoms with Gasteiger partial charge in [-0.15, -0.1) is 0 Å². The van der Waals surface area contributed by atoms with Gasteiger partial charge in [0.1, 0.15) is 0 Å². The molecule has 7 heteroatoms. The Hall–Kier alpha value is -2.57. The van der Waals surface area contributed by atoms with Crippen molar-refractivity contribution < 1.29 is 22.8 Å². The smallest absolute Gasteiger partial charge is 0.351 e. The molecule has 2 amide bonds. The third kappa shape index (κ3) is 4.53. The SMILES string of the molecule is O=C(CCC(F)(F)F)N[C@@H]1CC(=O)N(Cc2cccc3ccccc23)C1. The van der Waals surface area contributed by atoms with Crippen molar-refractivity contribution in [2.24, 2.45) is 0 Å². The van der Waals surface area contributed by atoms with Crippen molar-refractivity contribution in [2.75, 3.05) is 6.54 Å². The van der Waals surface area contributed by atoms with Gasteiger partial charge in [-0.2, -0.15) is 13.2 Å². The van der Waals surface area contributed by atoms with E-state index in [-0.39, 0.29) is 12.3 Å².